The summed E-state index contributed by atoms with van der Waals surface area (Å²) in [6.45, 7) is 4.08. The first kappa shape index (κ1) is 18.1. The number of methoxy groups -OCH3 is 1. The number of thiazole rings is 1. The highest BCUT2D eigenvalue weighted by Gasteiger charge is 2.14. The maximum Gasteiger partial charge on any atom is 0.259 e. The molecule has 1 N–H and O–H groups in total. The van der Waals surface area contributed by atoms with Gasteiger partial charge in [0.25, 0.3) is 5.91 Å². The molecule has 0 aliphatic rings. The number of hydrogen-bond donors (Lipinski definition) is 1. The molecule has 7 nitrogen and oxygen atoms in total. The van der Waals surface area contributed by atoms with Gasteiger partial charge in [0.2, 0.25) is 0 Å². The van der Waals surface area contributed by atoms with Crippen LogP contribution in [-0.2, 0) is 0 Å². The summed E-state index contributed by atoms with van der Waals surface area (Å²) in [4.78, 5) is 21.5. The summed E-state index contributed by atoms with van der Waals surface area (Å²) in [6.07, 6.45) is 3.29. The molecule has 0 saturated carbocycles. The molecule has 0 aliphatic heterocycles. The maximum absolute atomic E-state index is 12.6. The zero-order chi connectivity index (χ0) is 19.7. The summed E-state index contributed by atoms with van der Waals surface area (Å²) in [5.41, 5.74) is 3.00. The Balaban J connectivity index is 1.52. The van der Waals surface area contributed by atoms with Crippen LogP contribution in [0.25, 0.3) is 22.3 Å². The number of hydrogen-bond acceptors (Lipinski definition) is 6. The Morgan fingerprint density at radius 1 is 1.21 bits per heavy atom. The third kappa shape index (κ3) is 3.46. The summed E-state index contributed by atoms with van der Waals surface area (Å²) < 4.78 is 7.00. The zero-order valence-electron chi connectivity index (χ0n) is 15.7. The summed E-state index contributed by atoms with van der Waals surface area (Å²) >= 11 is 1.38. The first-order valence-electron chi connectivity index (χ1n) is 8.79. The predicted molar refractivity (Wildman–Crippen MR) is 110 cm³/mol. The minimum atomic E-state index is -0.248. The van der Waals surface area contributed by atoms with Gasteiger partial charge in [-0.25, -0.2) is 14.6 Å². The largest absolute Gasteiger partial charge is 0.497 e. The fraction of sp³-hybridized carbons (Fsp3) is 0.200. The second-order valence-electron chi connectivity index (χ2n) is 6.54. The van der Waals surface area contributed by atoms with E-state index in [1.54, 1.807) is 25.6 Å². The number of nitrogens with one attached hydrogen (secondary N) is 1. The van der Waals surface area contributed by atoms with Crippen molar-refractivity contribution in [3.8, 4) is 17.0 Å². The molecule has 3 heterocycles. The first-order chi connectivity index (χ1) is 13.5. The Labute approximate surface area is 166 Å². The first-order valence-corrected chi connectivity index (χ1v) is 9.67. The molecule has 4 rings (SSSR count). The Morgan fingerprint density at radius 3 is 2.71 bits per heavy atom. The van der Waals surface area contributed by atoms with Gasteiger partial charge in [0.05, 0.1) is 24.6 Å². The third-order valence-electron chi connectivity index (χ3n) is 4.30. The molecule has 0 atom stereocenters. The molecule has 0 radical (unpaired) electrons. The molecule has 142 valence electrons. The van der Waals surface area contributed by atoms with E-state index in [1.165, 1.54) is 11.3 Å². The zero-order valence-corrected chi connectivity index (χ0v) is 16.5. The molecule has 3 aromatic heterocycles. The van der Waals surface area contributed by atoms with Crippen LogP contribution in [0.5, 0.6) is 5.75 Å². The average molecular weight is 393 g/mol. The van der Waals surface area contributed by atoms with Gasteiger partial charge in [-0.2, -0.15) is 5.10 Å². The summed E-state index contributed by atoms with van der Waals surface area (Å²) in [5.74, 6) is 0.540. The highest BCUT2D eigenvalue weighted by atomic mass is 32.1. The maximum atomic E-state index is 12.6. The Bertz CT molecular complexity index is 1130. The van der Waals surface area contributed by atoms with Crippen molar-refractivity contribution in [2.75, 3.05) is 12.4 Å². The molecule has 1 aromatic carbocycles. The second-order valence-corrected chi connectivity index (χ2v) is 7.40. The fourth-order valence-corrected chi connectivity index (χ4v) is 3.55. The Morgan fingerprint density at radius 2 is 2.00 bits per heavy atom. The number of aromatic nitrogens is 4. The van der Waals surface area contributed by atoms with E-state index in [0.29, 0.717) is 10.7 Å². The molecule has 8 heteroatoms. The SMILES string of the molecule is COc1ccc(-c2csc(NC(=O)c3cnc4c(cnn4C(C)C)c3)n2)cc1. The average Bonchev–Trinajstić information content (AvgIpc) is 3.34. The van der Waals surface area contributed by atoms with E-state index in [1.807, 2.05) is 48.2 Å². The van der Waals surface area contributed by atoms with Crippen molar-refractivity contribution >= 4 is 33.4 Å². The van der Waals surface area contributed by atoms with Crippen molar-refractivity contribution in [1.82, 2.24) is 19.7 Å². The molecule has 0 spiro atoms. The van der Waals surface area contributed by atoms with Crippen LogP contribution in [0.3, 0.4) is 0 Å². The Hall–Kier alpha value is -3.26. The summed E-state index contributed by atoms with van der Waals surface area (Å²) in [6, 6.07) is 9.63. The van der Waals surface area contributed by atoms with Crippen LogP contribution in [0.15, 0.2) is 48.1 Å². The number of fused-ring (bicyclic) bond motifs is 1. The third-order valence-corrected chi connectivity index (χ3v) is 5.05. The molecule has 0 unspecified atom stereocenters. The lowest BCUT2D eigenvalue weighted by Crippen LogP contribution is -2.12. The van der Waals surface area contributed by atoms with Crippen molar-refractivity contribution in [2.45, 2.75) is 19.9 Å². The smallest absolute Gasteiger partial charge is 0.259 e. The Kier molecular flexibility index (Phi) is 4.79. The molecule has 1 amide bonds. The standard InChI is InChI=1S/C20H19N5O2S/c1-12(2)25-18-14(10-22-25)8-15(9-21-18)19(26)24-20-23-17(11-28-20)13-4-6-16(27-3)7-5-13/h4-12H,1-3H3,(H,23,24,26). The number of carbonyl (C=O) groups is 1. The molecular formula is C20H19N5O2S. The van der Waals surface area contributed by atoms with Crippen molar-refractivity contribution in [1.29, 1.82) is 0 Å². The van der Waals surface area contributed by atoms with Gasteiger partial charge in [0.1, 0.15) is 5.75 Å². The van der Waals surface area contributed by atoms with Crippen molar-refractivity contribution in [3.63, 3.8) is 0 Å². The number of ether oxygens (including phenoxy) is 1. The van der Waals surface area contributed by atoms with E-state index in [9.17, 15) is 4.79 Å². The number of benzene rings is 1. The molecule has 0 fully saturated rings. The normalized spacial score (nSPS) is 11.1. The number of pyridine rings is 1. The number of amides is 1. The van der Waals surface area contributed by atoms with Gasteiger partial charge in [-0.15, -0.1) is 11.3 Å². The monoisotopic (exact) mass is 393 g/mol. The van der Waals surface area contributed by atoms with Crippen LogP contribution in [0.4, 0.5) is 5.13 Å². The van der Waals surface area contributed by atoms with Gasteiger partial charge in [-0.05, 0) is 44.2 Å². The molecule has 0 bridgehead atoms. The van der Waals surface area contributed by atoms with E-state index in [-0.39, 0.29) is 11.9 Å². The van der Waals surface area contributed by atoms with E-state index in [0.717, 1.165) is 28.0 Å². The number of rotatable bonds is 5. The molecule has 4 aromatic rings. The lowest BCUT2D eigenvalue weighted by atomic mass is 10.2. The van der Waals surface area contributed by atoms with Crippen LogP contribution in [-0.4, -0.2) is 32.8 Å². The van der Waals surface area contributed by atoms with Crippen LogP contribution in [0.2, 0.25) is 0 Å². The van der Waals surface area contributed by atoms with Crippen molar-refractivity contribution < 1.29 is 9.53 Å². The van der Waals surface area contributed by atoms with Gasteiger partial charge >= 0.3 is 0 Å². The van der Waals surface area contributed by atoms with E-state index in [4.69, 9.17) is 4.74 Å². The highest BCUT2D eigenvalue weighted by Crippen LogP contribution is 2.27. The summed E-state index contributed by atoms with van der Waals surface area (Å²) in [7, 11) is 1.63. The van der Waals surface area contributed by atoms with Crippen molar-refractivity contribution in [3.05, 3.63) is 53.7 Å². The van der Waals surface area contributed by atoms with Crippen LogP contribution >= 0.6 is 11.3 Å². The predicted octanol–water partition coefficient (Wildman–Crippen LogP) is 4.40. The molecular weight excluding hydrogens is 374 g/mol. The minimum Gasteiger partial charge on any atom is -0.497 e. The van der Waals surface area contributed by atoms with Crippen LogP contribution < -0.4 is 10.1 Å². The lowest BCUT2D eigenvalue weighted by Gasteiger charge is -2.06. The topological polar surface area (TPSA) is 81.9 Å². The number of carbonyl (C=O) groups excluding carboxylic acids is 1. The number of anilines is 1. The van der Waals surface area contributed by atoms with Gasteiger partial charge < -0.3 is 4.74 Å². The fourth-order valence-electron chi connectivity index (χ4n) is 2.84. The van der Waals surface area contributed by atoms with Crippen LogP contribution in [0, 0.1) is 0 Å². The molecule has 0 saturated heterocycles. The minimum absolute atomic E-state index is 0.205. The second kappa shape index (κ2) is 7.40. The number of nitrogens with zero attached hydrogens (tertiary/aromatic N) is 4. The highest BCUT2D eigenvalue weighted by molar-refractivity contribution is 7.14. The van der Waals surface area contributed by atoms with Crippen molar-refractivity contribution in [2.24, 2.45) is 0 Å². The molecule has 0 aliphatic carbocycles. The van der Waals surface area contributed by atoms with E-state index in [2.05, 4.69) is 20.4 Å². The van der Waals surface area contributed by atoms with Gasteiger partial charge in [-0.3, -0.25) is 10.1 Å². The quantitative estimate of drug-likeness (QED) is 0.544. The van der Waals surface area contributed by atoms with Gasteiger partial charge in [-0.1, -0.05) is 0 Å². The van der Waals surface area contributed by atoms with E-state index >= 15 is 0 Å². The lowest BCUT2D eigenvalue weighted by molar-refractivity contribution is 0.102. The van der Waals surface area contributed by atoms with E-state index < -0.39 is 0 Å². The summed E-state index contributed by atoms with van der Waals surface area (Å²) in [5, 5.41) is 10.5. The van der Waals surface area contributed by atoms with Gasteiger partial charge in [0.15, 0.2) is 10.8 Å². The van der Waals surface area contributed by atoms with Gasteiger partial charge in [0, 0.05) is 28.6 Å². The van der Waals surface area contributed by atoms with Crippen LogP contribution in [0.1, 0.15) is 30.2 Å². The molecule has 28 heavy (non-hydrogen) atoms.